The van der Waals surface area contributed by atoms with Crippen molar-refractivity contribution in [2.24, 2.45) is 0 Å². The predicted molar refractivity (Wildman–Crippen MR) is 82.7 cm³/mol. The Kier molecular flexibility index (Phi) is 6.89. The van der Waals surface area contributed by atoms with Gasteiger partial charge in [-0.05, 0) is 43.5 Å². The average molecular weight is 264 g/mol. The zero-order chi connectivity index (χ0) is 14.3. The van der Waals surface area contributed by atoms with Gasteiger partial charge in [0.05, 0.1) is 0 Å². The zero-order valence-corrected chi connectivity index (χ0v) is 12.7. The van der Waals surface area contributed by atoms with Crippen LogP contribution >= 0.6 is 0 Å². The van der Waals surface area contributed by atoms with E-state index >= 15 is 0 Å². The minimum atomic E-state index is 0.256. The molecular formula is C16H28N2O. The molecule has 0 saturated heterocycles. The van der Waals surface area contributed by atoms with Gasteiger partial charge in [0, 0.05) is 38.0 Å². The molecule has 0 heterocycles. The van der Waals surface area contributed by atoms with E-state index in [1.165, 1.54) is 16.8 Å². The van der Waals surface area contributed by atoms with Crippen molar-refractivity contribution in [3.63, 3.8) is 0 Å². The van der Waals surface area contributed by atoms with E-state index in [-0.39, 0.29) is 6.61 Å². The van der Waals surface area contributed by atoms with Crippen LogP contribution in [0, 0.1) is 6.92 Å². The normalized spacial score (nSPS) is 11.1. The predicted octanol–water partition coefficient (Wildman–Crippen LogP) is 2.70. The number of aliphatic hydroxyl groups is 1. The van der Waals surface area contributed by atoms with Crippen LogP contribution in [0.25, 0.3) is 0 Å². The van der Waals surface area contributed by atoms with E-state index in [4.69, 9.17) is 5.11 Å². The highest BCUT2D eigenvalue weighted by molar-refractivity contribution is 5.50. The summed E-state index contributed by atoms with van der Waals surface area (Å²) in [5, 5.41) is 12.4. The fourth-order valence-corrected chi connectivity index (χ4v) is 2.12. The monoisotopic (exact) mass is 264 g/mol. The highest BCUT2D eigenvalue weighted by Crippen LogP contribution is 2.19. The van der Waals surface area contributed by atoms with Gasteiger partial charge in [-0.15, -0.1) is 0 Å². The summed E-state index contributed by atoms with van der Waals surface area (Å²) < 4.78 is 0. The van der Waals surface area contributed by atoms with Crippen molar-refractivity contribution >= 4 is 5.69 Å². The van der Waals surface area contributed by atoms with Gasteiger partial charge in [-0.2, -0.15) is 0 Å². The van der Waals surface area contributed by atoms with Crippen molar-refractivity contribution in [1.82, 2.24) is 5.32 Å². The molecule has 0 amide bonds. The molecule has 0 fully saturated rings. The lowest BCUT2D eigenvalue weighted by Gasteiger charge is -2.24. The third-order valence-electron chi connectivity index (χ3n) is 3.36. The first-order valence-electron chi connectivity index (χ1n) is 7.27. The summed E-state index contributed by atoms with van der Waals surface area (Å²) in [6.07, 6.45) is 0.823. The smallest absolute Gasteiger partial charge is 0.0447 e. The van der Waals surface area contributed by atoms with E-state index < -0.39 is 0 Å². The Bertz CT molecular complexity index is 377. The third kappa shape index (κ3) is 5.21. The van der Waals surface area contributed by atoms with Crippen LogP contribution in [0.3, 0.4) is 0 Å². The van der Waals surface area contributed by atoms with Gasteiger partial charge in [-0.1, -0.05) is 19.9 Å². The van der Waals surface area contributed by atoms with Crippen molar-refractivity contribution in [2.45, 2.75) is 46.7 Å². The van der Waals surface area contributed by atoms with Crippen LogP contribution in [-0.4, -0.2) is 30.8 Å². The highest BCUT2D eigenvalue weighted by Gasteiger charge is 2.06. The fraction of sp³-hybridized carbons (Fsp3) is 0.625. The van der Waals surface area contributed by atoms with Gasteiger partial charge in [0.15, 0.2) is 0 Å². The summed E-state index contributed by atoms with van der Waals surface area (Å²) in [7, 11) is 0. The first kappa shape index (κ1) is 16.0. The maximum Gasteiger partial charge on any atom is 0.0447 e. The maximum atomic E-state index is 8.94. The van der Waals surface area contributed by atoms with Gasteiger partial charge in [0.1, 0.15) is 0 Å². The number of nitrogens with one attached hydrogen (secondary N) is 1. The molecule has 0 aromatic heterocycles. The molecule has 1 aromatic rings. The first-order chi connectivity index (χ1) is 9.08. The number of rotatable bonds is 8. The number of hydrogen-bond acceptors (Lipinski definition) is 3. The lowest BCUT2D eigenvalue weighted by atomic mass is 10.1. The van der Waals surface area contributed by atoms with Gasteiger partial charge in [-0.25, -0.2) is 0 Å². The lowest BCUT2D eigenvalue weighted by Crippen LogP contribution is -2.25. The zero-order valence-electron chi connectivity index (χ0n) is 12.7. The van der Waals surface area contributed by atoms with Crippen LogP contribution in [0.15, 0.2) is 18.2 Å². The van der Waals surface area contributed by atoms with Crippen LogP contribution < -0.4 is 10.2 Å². The van der Waals surface area contributed by atoms with E-state index in [0.29, 0.717) is 6.04 Å². The molecule has 3 nitrogen and oxygen atoms in total. The maximum absolute atomic E-state index is 8.94. The molecule has 0 aliphatic heterocycles. The number of aliphatic hydroxyl groups excluding tert-OH is 1. The molecule has 0 aliphatic carbocycles. The molecule has 3 heteroatoms. The summed E-state index contributed by atoms with van der Waals surface area (Å²) in [6, 6.07) is 7.15. The van der Waals surface area contributed by atoms with Crippen molar-refractivity contribution in [3.05, 3.63) is 29.3 Å². The Morgan fingerprint density at radius 1 is 1.32 bits per heavy atom. The molecule has 0 spiro atoms. The molecule has 108 valence electrons. The van der Waals surface area contributed by atoms with Gasteiger partial charge in [-0.3, -0.25) is 0 Å². The van der Waals surface area contributed by atoms with Crippen LogP contribution in [-0.2, 0) is 6.54 Å². The Morgan fingerprint density at radius 3 is 2.58 bits per heavy atom. The molecule has 2 N–H and O–H groups in total. The molecule has 0 bridgehead atoms. The van der Waals surface area contributed by atoms with Gasteiger partial charge >= 0.3 is 0 Å². The molecule has 0 saturated carbocycles. The standard InChI is InChI=1S/C16H28N2O/c1-5-18(9-6-10-19)16-8-7-15(14(4)11-16)12-17-13(2)3/h7-8,11,13,17,19H,5-6,9-10,12H2,1-4H3. The fourth-order valence-electron chi connectivity index (χ4n) is 2.12. The van der Waals surface area contributed by atoms with Crippen LogP contribution in [0.2, 0.25) is 0 Å². The minimum Gasteiger partial charge on any atom is -0.396 e. The molecule has 1 rings (SSSR count). The molecule has 0 atom stereocenters. The molecule has 0 unspecified atom stereocenters. The van der Waals surface area contributed by atoms with Gasteiger partial charge in [0.2, 0.25) is 0 Å². The largest absolute Gasteiger partial charge is 0.396 e. The highest BCUT2D eigenvalue weighted by atomic mass is 16.3. The second-order valence-corrected chi connectivity index (χ2v) is 5.30. The number of benzene rings is 1. The SMILES string of the molecule is CCN(CCCO)c1ccc(CNC(C)C)c(C)c1. The topological polar surface area (TPSA) is 35.5 Å². The second kappa shape index (κ2) is 8.18. The summed E-state index contributed by atoms with van der Waals surface area (Å²) in [5.41, 5.74) is 3.94. The Balaban J connectivity index is 2.73. The van der Waals surface area contributed by atoms with Crippen molar-refractivity contribution in [3.8, 4) is 0 Å². The summed E-state index contributed by atoms with van der Waals surface area (Å²) in [4.78, 5) is 2.31. The van der Waals surface area contributed by atoms with E-state index in [1.54, 1.807) is 0 Å². The average Bonchev–Trinajstić information content (AvgIpc) is 2.38. The molecule has 19 heavy (non-hydrogen) atoms. The number of hydrogen-bond donors (Lipinski definition) is 2. The summed E-state index contributed by atoms with van der Waals surface area (Å²) in [6.45, 7) is 11.7. The Labute approximate surface area is 117 Å². The number of anilines is 1. The second-order valence-electron chi connectivity index (χ2n) is 5.30. The Hall–Kier alpha value is -1.06. The van der Waals surface area contributed by atoms with Crippen LogP contribution in [0.1, 0.15) is 38.3 Å². The van der Waals surface area contributed by atoms with E-state index in [9.17, 15) is 0 Å². The van der Waals surface area contributed by atoms with E-state index in [0.717, 1.165) is 26.1 Å². The van der Waals surface area contributed by atoms with Crippen molar-refractivity contribution in [2.75, 3.05) is 24.6 Å². The first-order valence-corrected chi connectivity index (χ1v) is 7.27. The quantitative estimate of drug-likeness (QED) is 0.758. The molecule has 0 radical (unpaired) electrons. The summed E-state index contributed by atoms with van der Waals surface area (Å²) >= 11 is 0. The van der Waals surface area contributed by atoms with Crippen molar-refractivity contribution in [1.29, 1.82) is 0 Å². The number of aryl methyl sites for hydroxylation is 1. The molecule has 1 aromatic carbocycles. The lowest BCUT2D eigenvalue weighted by molar-refractivity contribution is 0.289. The van der Waals surface area contributed by atoms with E-state index in [2.05, 4.69) is 56.1 Å². The summed E-state index contributed by atoms with van der Waals surface area (Å²) in [5.74, 6) is 0. The minimum absolute atomic E-state index is 0.256. The molecular weight excluding hydrogens is 236 g/mol. The van der Waals surface area contributed by atoms with E-state index in [1.807, 2.05) is 0 Å². The van der Waals surface area contributed by atoms with Crippen LogP contribution in [0.4, 0.5) is 5.69 Å². The number of nitrogens with zero attached hydrogens (tertiary/aromatic N) is 1. The Morgan fingerprint density at radius 2 is 2.05 bits per heavy atom. The van der Waals surface area contributed by atoms with Gasteiger partial charge < -0.3 is 15.3 Å². The van der Waals surface area contributed by atoms with Crippen molar-refractivity contribution < 1.29 is 5.11 Å². The third-order valence-corrected chi connectivity index (χ3v) is 3.36. The van der Waals surface area contributed by atoms with Crippen LogP contribution in [0.5, 0.6) is 0 Å². The van der Waals surface area contributed by atoms with Gasteiger partial charge in [0.25, 0.3) is 0 Å². The molecule has 0 aliphatic rings.